The lowest BCUT2D eigenvalue weighted by Gasteiger charge is -2.20. The van der Waals surface area contributed by atoms with E-state index < -0.39 is 23.7 Å². The zero-order chi connectivity index (χ0) is 20.4. The molecule has 0 saturated carbocycles. The predicted molar refractivity (Wildman–Crippen MR) is 102 cm³/mol. The summed E-state index contributed by atoms with van der Waals surface area (Å²) in [5.74, 6) is -1.08. The summed E-state index contributed by atoms with van der Waals surface area (Å²) in [4.78, 5) is 26.5. The Balaban J connectivity index is 1.45. The molecule has 0 aliphatic carbocycles. The van der Waals surface area contributed by atoms with Gasteiger partial charge in [-0.3, -0.25) is 9.59 Å². The van der Waals surface area contributed by atoms with Gasteiger partial charge in [-0.05, 0) is 17.7 Å². The minimum Gasteiger partial charge on any atom is -0.489 e. The molecule has 2 amide bonds. The van der Waals surface area contributed by atoms with Gasteiger partial charge < -0.3 is 15.0 Å². The number of hydrogen-bond donors (Lipinski definition) is 1. The Morgan fingerprint density at radius 1 is 1.28 bits per heavy atom. The van der Waals surface area contributed by atoms with Crippen molar-refractivity contribution in [3.8, 4) is 5.75 Å². The maximum Gasteiger partial charge on any atom is 0.274 e. The Kier molecular flexibility index (Phi) is 4.94. The number of nitrogens with one attached hydrogen (secondary N) is 1. The van der Waals surface area contributed by atoms with Crippen molar-refractivity contribution in [1.29, 1.82) is 0 Å². The minimum absolute atomic E-state index is 0.0777. The number of amides is 2. The van der Waals surface area contributed by atoms with Gasteiger partial charge in [0.2, 0.25) is 0 Å². The van der Waals surface area contributed by atoms with Crippen LogP contribution in [0.3, 0.4) is 0 Å². The molecule has 0 radical (unpaired) electrons. The van der Waals surface area contributed by atoms with Crippen molar-refractivity contribution < 1.29 is 18.7 Å². The lowest BCUT2D eigenvalue weighted by atomic mass is 10.2. The normalized spacial score (nSPS) is 16.0. The van der Waals surface area contributed by atoms with Gasteiger partial charge in [0.1, 0.15) is 24.2 Å². The summed E-state index contributed by atoms with van der Waals surface area (Å²) in [6.45, 7) is 0.391. The van der Waals surface area contributed by atoms with E-state index in [0.717, 1.165) is 5.56 Å². The highest BCUT2D eigenvalue weighted by Crippen LogP contribution is 2.31. The number of nitrogens with zero attached hydrogens (tertiary/aromatic N) is 4. The number of hydrogen-bond acceptors (Lipinski definition) is 5. The standard InChI is InChI=1S/C20H18FN5O3/c1-25-17-9-14(21)7-8-18(17)29-12-16(20(25)28)22-19(27)15-11-26(24-23-15)10-13-5-3-2-4-6-13/h2-9,11,16H,10,12H2,1H3,(H,22,27). The molecule has 1 unspecified atom stereocenters. The summed E-state index contributed by atoms with van der Waals surface area (Å²) in [5, 5.41) is 10.5. The Morgan fingerprint density at radius 2 is 2.07 bits per heavy atom. The number of carbonyl (C=O) groups is 2. The van der Waals surface area contributed by atoms with Crippen LogP contribution in [0, 0.1) is 5.82 Å². The maximum atomic E-state index is 13.5. The Labute approximate surface area is 165 Å². The van der Waals surface area contributed by atoms with E-state index in [1.807, 2.05) is 30.3 Å². The number of anilines is 1. The van der Waals surface area contributed by atoms with Crippen LogP contribution in [0.2, 0.25) is 0 Å². The molecule has 0 spiro atoms. The molecule has 0 fully saturated rings. The summed E-state index contributed by atoms with van der Waals surface area (Å²) in [6, 6.07) is 12.6. The van der Waals surface area contributed by atoms with Gasteiger partial charge in [0.25, 0.3) is 11.8 Å². The molecule has 0 saturated heterocycles. The van der Waals surface area contributed by atoms with Gasteiger partial charge in [-0.2, -0.15) is 0 Å². The van der Waals surface area contributed by atoms with Crippen LogP contribution in [0.4, 0.5) is 10.1 Å². The lowest BCUT2D eigenvalue weighted by Crippen LogP contribution is -2.49. The Hall–Kier alpha value is -3.75. The van der Waals surface area contributed by atoms with Crippen molar-refractivity contribution in [2.45, 2.75) is 12.6 Å². The first-order chi connectivity index (χ1) is 14.0. The fourth-order valence-electron chi connectivity index (χ4n) is 3.06. The van der Waals surface area contributed by atoms with Crippen LogP contribution in [0.25, 0.3) is 0 Å². The van der Waals surface area contributed by atoms with Crippen LogP contribution in [-0.4, -0.2) is 46.5 Å². The van der Waals surface area contributed by atoms with Gasteiger partial charge in [0.15, 0.2) is 5.69 Å². The second-order valence-corrected chi connectivity index (χ2v) is 6.63. The van der Waals surface area contributed by atoms with E-state index in [1.54, 1.807) is 4.68 Å². The van der Waals surface area contributed by atoms with Crippen LogP contribution >= 0.6 is 0 Å². The molecule has 9 heteroatoms. The first kappa shape index (κ1) is 18.6. The van der Waals surface area contributed by atoms with Gasteiger partial charge >= 0.3 is 0 Å². The zero-order valence-corrected chi connectivity index (χ0v) is 15.6. The van der Waals surface area contributed by atoms with E-state index >= 15 is 0 Å². The fraction of sp³-hybridized carbons (Fsp3) is 0.200. The van der Waals surface area contributed by atoms with E-state index in [0.29, 0.717) is 18.0 Å². The first-order valence-corrected chi connectivity index (χ1v) is 8.96. The largest absolute Gasteiger partial charge is 0.489 e. The molecule has 0 bridgehead atoms. The van der Waals surface area contributed by atoms with E-state index in [1.165, 1.54) is 36.3 Å². The van der Waals surface area contributed by atoms with Gasteiger partial charge in [-0.15, -0.1) is 5.10 Å². The molecule has 1 N–H and O–H groups in total. The highest BCUT2D eigenvalue weighted by molar-refractivity contribution is 6.02. The summed E-state index contributed by atoms with van der Waals surface area (Å²) in [5.41, 5.74) is 1.41. The highest BCUT2D eigenvalue weighted by atomic mass is 19.1. The number of carbonyl (C=O) groups excluding carboxylic acids is 2. The van der Waals surface area contributed by atoms with Crippen LogP contribution in [0.5, 0.6) is 5.75 Å². The summed E-state index contributed by atoms with van der Waals surface area (Å²) < 4.78 is 20.7. The van der Waals surface area contributed by atoms with E-state index in [2.05, 4.69) is 15.6 Å². The average Bonchev–Trinajstić information content (AvgIpc) is 3.16. The molecule has 1 aliphatic rings. The summed E-state index contributed by atoms with van der Waals surface area (Å²) in [7, 11) is 1.50. The molecule has 29 heavy (non-hydrogen) atoms. The van der Waals surface area contributed by atoms with Crippen LogP contribution < -0.4 is 15.0 Å². The number of halogens is 1. The van der Waals surface area contributed by atoms with Gasteiger partial charge in [-0.1, -0.05) is 35.5 Å². The molecule has 1 atom stereocenters. The number of aromatic nitrogens is 3. The van der Waals surface area contributed by atoms with Gasteiger partial charge in [-0.25, -0.2) is 9.07 Å². The van der Waals surface area contributed by atoms with Crippen molar-refractivity contribution in [1.82, 2.24) is 20.3 Å². The number of likely N-dealkylation sites (N-methyl/N-ethyl adjacent to an activating group) is 1. The smallest absolute Gasteiger partial charge is 0.274 e. The molecule has 1 aliphatic heterocycles. The predicted octanol–water partition coefficient (Wildman–Crippen LogP) is 1.62. The quantitative estimate of drug-likeness (QED) is 0.725. The maximum absolute atomic E-state index is 13.5. The summed E-state index contributed by atoms with van der Waals surface area (Å²) >= 11 is 0. The second kappa shape index (κ2) is 7.70. The van der Waals surface area contributed by atoms with Crippen molar-refractivity contribution in [2.75, 3.05) is 18.6 Å². The Bertz CT molecular complexity index is 1050. The molecular formula is C20H18FN5O3. The number of rotatable bonds is 4. The van der Waals surface area contributed by atoms with E-state index in [4.69, 9.17) is 4.74 Å². The van der Waals surface area contributed by atoms with Crippen molar-refractivity contribution in [3.05, 3.63) is 71.8 Å². The molecule has 3 aromatic rings. The van der Waals surface area contributed by atoms with Crippen LogP contribution in [-0.2, 0) is 11.3 Å². The molecule has 8 nitrogen and oxygen atoms in total. The number of fused-ring (bicyclic) bond motifs is 1. The molecule has 2 heterocycles. The lowest BCUT2D eigenvalue weighted by molar-refractivity contribution is -0.120. The topological polar surface area (TPSA) is 89.4 Å². The van der Waals surface area contributed by atoms with Crippen LogP contribution in [0.1, 0.15) is 16.1 Å². The van der Waals surface area contributed by atoms with Crippen molar-refractivity contribution in [2.24, 2.45) is 0 Å². The molecule has 4 rings (SSSR count). The first-order valence-electron chi connectivity index (χ1n) is 8.96. The SMILES string of the molecule is CN1C(=O)C(NC(=O)c2cn(Cc3ccccc3)nn2)COc2ccc(F)cc21. The van der Waals surface area contributed by atoms with Crippen molar-refractivity contribution >= 4 is 17.5 Å². The fourth-order valence-corrected chi connectivity index (χ4v) is 3.06. The molecular weight excluding hydrogens is 377 g/mol. The molecule has 148 valence electrons. The van der Waals surface area contributed by atoms with E-state index in [9.17, 15) is 14.0 Å². The third kappa shape index (κ3) is 3.93. The Morgan fingerprint density at radius 3 is 2.86 bits per heavy atom. The van der Waals surface area contributed by atoms with Gasteiger partial charge in [0, 0.05) is 13.1 Å². The molecule has 1 aromatic heterocycles. The monoisotopic (exact) mass is 395 g/mol. The number of ether oxygens (including phenoxy) is 1. The summed E-state index contributed by atoms with van der Waals surface area (Å²) in [6.07, 6.45) is 1.51. The van der Waals surface area contributed by atoms with E-state index in [-0.39, 0.29) is 12.3 Å². The van der Waals surface area contributed by atoms with Crippen molar-refractivity contribution in [3.63, 3.8) is 0 Å². The van der Waals surface area contributed by atoms with Crippen LogP contribution in [0.15, 0.2) is 54.7 Å². The average molecular weight is 395 g/mol. The number of benzene rings is 2. The second-order valence-electron chi connectivity index (χ2n) is 6.63. The third-order valence-electron chi connectivity index (χ3n) is 4.58. The third-order valence-corrected chi connectivity index (χ3v) is 4.58. The molecule has 2 aromatic carbocycles. The van der Waals surface area contributed by atoms with Gasteiger partial charge in [0.05, 0.1) is 18.4 Å². The zero-order valence-electron chi connectivity index (χ0n) is 15.6. The minimum atomic E-state index is -0.942. The highest BCUT2D eigenvalue weighted by Gasteiger charge is 2.31.